The molecule has 3 N–H and O–H groups in total. The number of nitrogens with zero attached hydrogens (tertiary/aromatic N) is 4. The number of nitrogen functional groups attached to an aromatic ring is 1. The number of aromatic nitrogens is 4. The molecule has 3 heterocycles. The average Bonchev–Trinajstić information content (AvgIpc) is 3.32. The Morgan fingerprint density at radius 1 is 1.20 bits per heavy atom. The van der Waals surface area contributed by atoms with Gasteiger partial charge in [-0.1, -0.05) is 0 Å². The highest BCUT2D eigenvalue weighted by molar-refractivity contribution is 5.98. The Labute approximate surface area is 199 Å². The van der Waals surface area contributed by atoms with Crippen LogP contribution in [0.15, 0.2) is 48.8 Å². The number of halogens is 3. The molecule has 1 aliphatic rings. The number of hydrogen-bond acceptors (Lipinski definition) is 5. The van der Waals surface area contributed by atoms with Crippen LogP contribution >= 0.6 is 0 Å². The molecule has 1 amide bonds. The zero-order valence-corrected chi connectivity index (χ0v) is 18.9. The number of hydrogen-bond donors (Lipinski definition) is 2. The van der Waals surface area contributed by atoms with Gasteiger partial charge in [0.05, 0.1) is 35.6 Å². The first-order chi connectivity index (χ1) is 16.7. The fourth-order valence-electron chi connectivity index (χ4n) is 4.54. The molecule has 0 spiro atoms. The number of pyridine rings is 2. The van der Waals surface area contributed by atoms with Gasteiger partial charge in [-0.2, -0.15) is 18.3 Å². The van der Waals surface area contributed by atoms with Crippen LogP contribution in [0.3, 0.4) is 0 Å². The van der Waals surface area contributed by atoms with Crippen molar-refractivity contribution in [1.29, 1.82) is 0 Å². The van der Waals surface area contributed by atoms with Gasteiger partial charge in [-0.3, -0.25) is 14.9 Å². The van der Waals surface area contributed by atoms with E-state index in [0.29, 0.717) is 29.0 Å². The lowest BCUT2D eigenvalue weighted by Crippen LogP contribution is -2.36. The summed E-state index contributed by atoms with van der Waals surface area (Å²) in [6, 6.07) is 9.11. The molecule has 4 aromatic rings. The van der Waals surface area contributed by atoms with Crippen molar-refractivity contribution in [3.8, 4) is 0 Å². The number of anilines is 1. The lowest BCUT2D eigenvalue weighted by atomic mass is 9.91. The van der Waals surface area contributed by atoms with E-state index in [9.17, 15) is 18.0 Å². The maximum absolute atomic E-state index is 13.8. The first kappa shape index (κ1) is 22.8. The third-order valence-corrected chi connectivity index (χ3v) is 6.43. The summed E-state index contributed by atoms with van der Waals surface area (Å²) < 4.78 is 39.0. The zero-order chi connectivity index (χ0) is 24.7. The van der Waals surface area contributed by atoms with Crippen LogP contribution < -0.4 is 5.73 Å². The van der Waals surface area contributed by atoms with Gasteiger partial charge in [0.15, 0.2) is 0 Å². The maximum Gasteiger partial charge on any atom is 0.417 e. The lowest BCUT2D eigenvalue weighted by Gasteiger charge is -2.34. The molecule has 35 heavy (non-hydrogen) atoms. The minimum absolute atomic E-state index is 0.0588. The topological polar surface area (TPSA) is 101 Å². The summed E-state index contributed by atoms with van der Waals surface area (Å²) in [6.45, 7) is 1.91. The van der Waals surface area contributed by atoms with Gasteiger partial charge in [0, 0.05) is 28.4 Å². The third-order valence-electron chi connectivity index (χ3n) is 6.43. The molecular weight excluding hydrogens is 457 g/mol. The Morgan fingerprint density at radius 3 is 2.77 bits per heavy atom. The lowest BCUT2D eigenvalue weighted by molar-refractivity contribution is -0.137. The predicted octanol–water partition coefficient (Wildman–Crippen LogP) is 4.98. The normalized spacial score (nSPS) is 15.7. The van der Waals surface area contributed by atoms with E-state index in [2.05, 4.69) is 20.2 Å². The van der Waals surface area contributed by atoms with Gasteiger partial charge in [-0.05, 0) is 68.1 Å². The molecule has 0 bridgehead atoms. The number of amides is 1. The van der Waals surface area contributed by atoms with E-state index in [1.165, 1.54) is 6.07 Å². The van der Waals surface area contributed by atoms with Crippen LogP contribution in [-0.4, -0.2) is 31.0 Å². The molecule has 0 unspecified atom stereocenters. The molecule has 180 valence electrons. The summed E-state index contributed by atoms with van der Waals surface area (Å²) in [6.07, 6.45) is 0.437. The van der Waals surface area contributed by atoms with Crippen molar-refractivity contribution < 1.29 is 18.0 Å². The molecule has 0 saturated carbocycles. The summed E-state index contributed by atoms with van der Waals surface area (Å²) in [5.74, 6) is 0.184. The van der Waals surface area contributed by atoms with E-state index in [1.807, 2.05) is 13.0 Å². The number of benzene rings is 1. The molecule has 0 aliphatic heterocycles. The third kappa shape index (κ3) is 4.43. The maximum atomic E-state index is 13.8. The highest BCUT2D eigenvalue weighted by Gasteiger charge is 2.33. The van der Waals surface area contributed by atoms with Gasteiger partial charge in [0.1, 0.15) is 5.82 Å². The Bertz CT molecular complexity index is 1400. The molecule has 0 fully saturated rings. The van der Waals surface area contributed by atoms with Gasteiger partial charge in [0.2, 0.25) is 0 Å². The molecule has 1 aliphatic carbocycles. The highest BCUT2D eigenvalue weighted by Crippen LogP contribution is 2.36. The monoisotopic (exact) mass is 480 g/mol. The second kappa shape index (κ2) is 8.68. The Balaban J connectivity index is 1.53. The van der Waals surface area contributed by atoms with Gasteiger partial charge >= 0.3 is 6.18 Å². The number of fused-ring (bicyclic) bond motifs is 2. The standard InChI is InChI=1S/C25H23F3N6O/c1-14-9-16-10-15(5-8-20(16)32-23(14)29)24(35)34(22-4-2-3-21-19(22)12-31-33-21)13-18-7-6-17(11-30-18)25(26,27)28/h5-12,22H,2-4,13H2,1H3,(H2,29,32)(H,31,33)/t22-/m1/s1. The number of nitrogens with two attached hydrogens (primary N) is 1. The van der Waals surface area contributed by atoms with Gasteiger partial charge in [-0.25, -0.2) is 4.98 Å². The highest BCUT2D eigenvalue weighted by atomic mass is 19.4. The first-order valence-electron chi connectivity index (χ1n) is 11.2. The van der Waals surface area contributed by atoms with Crippen molar-refractivity contribution in [1.82, 2.24) is 25.1 Å². The molecule has 7 nitrogen and oxygen atoms in total. The molecular formula is C25H23F3N6O. The van der Waals surface area contributed by atoms with Crippen molar-refractivity contribution in [3.63, 3.8) is 0 Å². The number of carbonyl (C=O) groups is 1. The molecule has 0 radical (unpaired) electrons. The Hall–Kier alpha value is -3.95. The van der Waals surface area contributed by atoms with E-state index < -0.39 is 11.7 Å². The number of H-pyrrole nitrogens is 1. The predicted molar refractivity (Wildman–Crippen MR) is 124 cm³/mol. The summed E-state index contributed by atoms with van der Waals surface area (Å²) in [5.41, 5.74) is 9.28. The van der Waals surface area contributed by atoms with Crippen molar-refractivity contribution in [2.75, 3.05) is 5.73 Å². The smallest absolute Gasteiger partial charge is 0.383 e. The fraction of sp³-hybridized carbons (Fsp3) is 0.280. The Kier molecular flexibility index (Phi) is 5.66. The average molecular weight is 480 g/mol. The second-order valence-corrected chi connectivity index (χ2v) is 8.78. The fourth-order valence-corrected chi connectivity index (χ4v) is 4.54. The van der Waals surface area contributed by atoms with E-state index in [-0.39, 0.29) is 18.5 Å². The quantitative estimate of drug-likeness (QED) is 0.429. The van der Waals surface area contributed by atoms with E-state index in [1.54, 1.807) is 29.3 Å². The number of nitrogens with one attached hydrogen (secondary N) is 1. The summed E-state index contributed by atoms with van der Waals surface area (Å²) in [4.78, 5) is 23.9. The minimum Gasteiger partial charge on any atom is -0.383 e. The van der Waals surface area contributed by atoms with Crippen LogP contribution in [0, 0.1) is 6.92 Å². The minimum atomic E-state index is -4.48. The summed E-state index contributed by atoms with van der Waals surface area (Å²) in [5, 5.41) is 7.93. The molecule has 0 saturated heterocycles. The molecule has 3 aromatic heterocycles. The van der Waals surface area contributed by atoms with Gasteiger partial charge in [-0.15, -0.1) is 0 Å². The van der Waals surface area contributed by atoms with Gasteiger partial charge in [0.25, 0.3) is 5.91 Å². The van der Waals surface area contributed by atoms with Gasteiger partial charge < -0.3 is 10.6 Å². The van der Waals surface area contributed by atoms with Crippen LogP contribution in [-0.2, 0) is 19.1 Å². The first-order valence-corrected chi connectivity index (χ1v) is 11.2. The second-order valence-electron chi connectivity index (χ2n) is 8.78. The molecule has 1 atom stereocenters. The van der Waals surface area contributed by atoms with E-state index in [0.717, 1.165) is 47.3 Å². The van der Waals surface area contributed by atoms with E-state index in [4.69, 9.17) is 5.73 Å². The number of aromatic amines is 1. The van der Waals surface area contributed by atoms with Crippen LogP contribution in [0.2, 0.25) is 0 Å². The van der Waals surface area contributed by atoms with E-state index >= 15 is 0 Å². The number of aryl methyl sites for hydroxylation is 2. The van der Waals surface area contributed by atoms with Crippen LogP contribution in [0.25, 0.3) is 10.9 Å². The molecule has 10 heteroatoms. The summed E-state index contributed by atoms with van der Waals surface area (Å²) >= 11 is 0. The molecule has 1 aromatic carbocycles. The van der Waals surface area contributed by atoms with Crippen LogP contribution in [0.5, 0.6) is 0 Å². The van der Waals surface area contributed by atoms with Crippen molar-refractivity contribution in [2.24, 2.45) is 0 Å². The summed E-state index contributed by atoms with van der Waals surface area (Å²) in [7, 11) is 0. The number of rotatable bonds is 4. The largest absolute Gasteiger partial charge is 0.417 e. The number of alkyl halides is 3. The van der Waals surface area contributed by atoms with Crippen molar-refractivity contribution in [3.05, 3.63) is 82.4 Å². The van der Waals surface area contributed by atoms with Crippen molar-refractivity contribution >= 4 is 22.6 Å². The Morgan fingerprint density at radius 2 is 2.03 bits per heavy atom. The molecule has 5 rings (SSSR count). The van der Waals surface area contributed by atoms with Crippen LogP contribution in [0.1, 0.15) is 57.3 Å². The number of carbonyl (C=O) groups excluding carboxylic acids is 1. The SMILES string of the molecule is Cc1cc2cc(C(=O)N(Cc3ccc(C(F)(F)F)cn3)[C@@H]3CCCc4[nH]ncc43)ccc2nc1N. The zero-order valence-electron chi connectivity index (χ0n) is 18.9. The van der Waals surface area contributed by atoms with Crippen molar-refractivity contribution in [2.45, 2.75) is 44.9 Å². The van der Waals surface area contributed by atoms with Crippen LogP contribution in [0.4, 0.5) is 19.0 Å².